The number of rotatable bonds is 20. The summed E-state index contributed by atoms with van der Waals surface area (Å²) in [6.45, 7) is 5.41. The minimum absolute atomic E-state index is 0. The number of aromatic nitrogens is 6. The van der Waals surface area contributed by atoms with Crippen molar-refractivity contribution in [2.24, 2.45) is 12.8 Å². The molecule has 2 amide bonds. The Hall–Kier alpha value is -11.1. The molecule has 5 heterocycles. The van der Waals surface area contributed by atoms with Crippen LogP contribution in [0.2, 0.25) is 0 Å². The lowest BCUT2D eigenvalue weighted by molar-refractivity contribution is -0.678. The number of halogens is 1. The lowest BCUT2D eigenvalue weighted by Crippen LogP contribution is -2.37. The summed E-state index contributed by atoms with van der Waals surface area (Å²) in [7, 11) is 1.99. The maximum atomic E-state index is 12.9. The van der Waals surface area contributed by atoms with E-state index in [2.05, 4.69) is 154 Å². The van der Waals surface area contributed by atoms with Crippen LogP contribution in [0.3, 0.4) is 0 Å². The lowest BCUT2D eigenvalue weighted by Gasteiger charge is -2.37. The summed E-state index contributed by atoms with van der Waals surface area (Å²) in [4.78, 5) is 63.7. The van der Waals surface area contributed by atoms with Gasteiger partial charge in [-0.25, -0.2) is 19.5 Å². The second-order valence-corrected chi connectivity index (χ2v) is 24.3. The molecule has 3 unspecified atom stereocenters. The number of nitrogens with two attached hydrogens (primary N) is 1. The molecule has 12 aromatic rings. The number of aldehydes is 1. The molecule has 14 rings (SSSR count). The normalized spacial score (nSPS) is 14.5. The number of imidazole rings is 3. The highest BCUT2D eigenvalue weighted by atomic mass is 35.5. The van der Waals surface area contributed by atoms with Crippen molar-refractivity contribution >= 4 is 36.5 Å². The minimum Gasteiger partial charge on any atom is -0.466 e. The average molecular weight is 1320 g/mol. The van der Waals surface area contributed by atoms with Crippen molar-refractivity contribution in [3.05, 3.63) is 378 Å². The topological polar surface area (TPSA) is 165 Å². The molecule has 9 aromatic carbocycles. The molecule has 0 radical (unpaired) electrons. The second kappa shape index (κ2) is 34.1. The van der Waals surface area contributed by atoms with Gasteiger partial charge in [-0.3, -0.25) is 19.2 Å². The Kier molecular flexibility index (Phi) is 24.2. The van der Waals surface area contributed by atoms with Gasteiger partial charge in [0.1, 0.15) is 23.0 Å². The van der Waals surface area contributed by atoms with E-state index in [9.17, 15) is 19.2 Å². The van der Waals surface area contributed by atoms with Crippen LogP contribution >= 0.6 is 12.4 Å². The van der Waals surface area contributed by atoms with Gasteiger partial charge in [0, 0.05) is 56.1 Å². The van der Waals surface area contributed by atoms with Crippen molar-refractivity contribution in [2.45, 2.75) is 68.1 Å². The Morgan fingerprint density at radius 3 is 1.28 bits per heavy atom. The molecule has 14 nitrogen and oxygen atoms in total. The zero-order valence-corrected chi connectivity index (χ0v) is 56.1. The third-order valence-electron chi connectivity index (χ3n) is 18.2. The van der Waals surface area contributed by atoms with Crippen LogP contribution in [-0.4, -0.2) is 84.2 Å². The average Bonchev–Trinajstić information content (AvgIpc) is 0.938. The number of hydrogen-bond donors (Lipinski definition) is 2. The predicted molar refractivity (Wildman–Crippen MR) is 386 cm³/mol. The maximum Gasteiger partial charge on any atom is 0.306 e. The zero-order valence-electron chi connectivity index (χ0n) is 55.3. The lowest BCUT2D eigenvalue weighted by atomic mass is 9.77. The number of likely N-dealkylation sites (tertiary alicyclic amines) is 2. The Bertz CT molecular complexity index is 4200. The Balaban J connectivity index is 0.000000150. The van der Waals surface area contributed by atoms with Crippen molar-refractivity contribution in [2.75, 3.05) is 26.2 Å². The number of aromatic amines is 1. The van der Waals surface area contributed by atoms with Crippen LogP contribution in [0.25, 0.3) is 0 Å². The quantitative estimate of drug-likeness (QED) is 0.0329. The van der Waals surface area contributed by atoms with Gasteiger partial charge in [0.15, 0.2) is 12.0 Å². The molecule has 3 aromatic heterocycles. The van der Waals surface area contributed by atoms with Gasteiger partial charge in [-0.15, -0.1) is 12.4 Å². The molecule has 98 heavy (non-hydrogen) atoms. The Morgan fingerprint density at radius 1 is 0.551 bits per heavy atom. The van der Waals surface area contributed by atoms with E-state index >= 15 is 0 Å². The highest BCUT2D eigenvalue weighted by Gasteiger charge is 2.41. The van der Waals surface area contributed by atoms with E-state index in [1.54, 1.807) is 19.4 Å². The highest BCUT2D eigenvalue weighted by molar-refractivity contribution is 5.85. The Morgan fingerprint density at radius 2 is 0.918 bits per heavy atom. The molecule has 0 aliphatic carbocycles. The van der Waals surface area contributed by atoms with Crippen molar-refractivity contribution in [1.82, 2.24) is 33.9 Å². The van der Waals surface area contributed by atoms with Gasteiger partial charge < -0.3 is 29.4 Å². The molecule has 2 fully saturated rings. The first-order valence-electron chi connectivity index (χ1n) is 33.1. The van der Waals surface area contributed by atoms with Crippen LogP contribution in [0.4, 0.5) is 0 Å². The van der Waals surface area contributed by atoms with Crippen LogP contribution in [0, 0.1) is 0 Å². The summed E-state index contributed by atoms with van der Waals surface area (Å²) in [5, 5.41) is 0. The molecule has 2 aliphatic rings. The van der Waals surface area contributed by atoms with Gasteiger partial charge in [0.25, 0.3) is 0 Å². The molecule has 3 N–H and O–H groups in total. The molecule has 3 atom stereocenters. The number of nitrogens with one attached hydrogen (secondary N) is 1. The van der Waals surface area contributed by atoms with E-state index in [0.29, 0.717) is 57.1 Å². The van der Waals surface area contributed by atoms with Crippen LogP contribution in [-0.2, 0) is 50.3 Å². The van der Waals surface area contributed by atoms with Gasteiger partial charge >= 0.3 is 5.97 Å². The SMILES string of the molecule is CCOC(=O)CC(CN)c1ccccc1.C[n+]1c[nH]cc1CN1CC(c2ccccc2)CC1=O.Cl.O=C1CC(c2ccccc2)CN1Cc1cn(C(c2ccccc2)(c2ccccc2)c2ccccc2)cn1.O=Cc1cn(C(c2ccccc2)(c2ccccc2)c2ccccc2)cn1. The van der Waals surface area contributed by atoms with E-state index in [1.807, 2.05) is 184 Å². The molecule has 0 bridgehead atoms. The first-order valence-corrected chi connectivity index (χ1v) is 33.1. The van der Waals surface area contributed by atoms with Crippen molar-refractivity contribution < 1.29 is 28.5 Å². The maximum absolute atomic E-state index is 12.9. The van der Waals surface area contributed by atoms with Crippen LogP contribution < -0.4 is 10.3 Å². The highest BCUT2D eigenvalue weighted by Crippen LogP contribution is 2.43. The molecule has 2 saturated heterocycles. The molecule has 496 valence electrons. The fourth-order valence-corrected chi connectivity index (χ4v) is 13.4. The number of carbonyl (C=O) groups excluding carboxylic acids is 4. The first kappa shape index (κ1) is 69.8. The standard InChI is InChI=1S/C33H29N3O.C23H18N2O.C15H17N3O.C12H17NO2.ClH/c37-32-21-27(26-13-5-1-6-14-26)22-35(32)23-31-24-36(25-34-31)33(28-15-7-2-8-16-28,29-17-9-3-10-18-29)30-19-11-4-12-20-30;26-17-22-16-25(18-24-22)23(19-10-4-1-5-11-19,20-12-6-2-7-13-20)21-14-8-3-9-15-21;1-17-11-16-8-14(17)10-18-9-13(7-15(18)19)12-5-3-2-4-6-12;1-2-15-12(14)8-11(9-13)10-6-4-3-5-7-10;/h1-20,24-25,27H,21-23H2;1-18H;2-6,8,11,13H,7,9-10H2,1H3;3-7,11H,2,8-9,13H2,1H3;1H/p+1. The number of carbonyl (C=O) groups is 4. The molecule has 2 aliphatic heterocycles. The summed E-state index contributed by atoms with van der Waals surface area (Å²) in [5.41, 5.74) is 17.2. The summed E-state index contributed by atoms with van der Waals surface area (Å²) < 4.78 is 11.1. The molecule has 0 spiro atoms. The third-order valence-corrected chi connectivity index (χ3v) is 18.2. The van der Waals surface area contributed by atoms with Crippen LogP contribution in [0.1, 0.15) is 116 Å². The van der Waals surface area contributed by atoms with Crippen molar-refractivity contribution in [3.8, 4) is 0 Å². The largest absolute Gasteiger partial charge is 0.466 e. The number of hydrogen-bond acceptors (Lipinski definition) is 8. The van der Waals surface area contributed by atoms with Crippen LogP contribution in [0.15, 0.2) is 311 Å². The van der Waals surface area contributed by atoms with Gasteiger partial charge in [-0.05, 0) is 63.5 Å². The number of H-pyrrole nitrogens is 1. The van der Waals surface area contributed by atoms with E-state index in [0.717, 1.165) is 69.7 Å². The number of ether oxygens (including phenoxy) is 1. The fraction of sp³-hybridized carbons (Fsp3) is 0.193. The summed E-state index contributed by atoms with van der Waals surface area (Å²) in [6, 6.07) is 93.0. The third kappa shape index (κ3) is 16.2. The molecule has 0 saturated carbocycles. The van der Waals surface area contributed by atoms with E-state index in [1.165, 1.54) is 11.1 Å². The van der Waals surface area contributed by atoms with Crippen LogP contribution in [0.5, 0.6) is 0 Å². The number of esters is 1. The number of nitrogens with zero attached hydrogens (tertiary/aromatic N) is 7. The number of aryl methyl sites for hydroxylation is 1. The van der Waals surface area contributed by atoms with Gasteiger partial charge in [-0.2, -0.15) is 0 Å². The Labute approximate surface area is 580 Å². The van der Waals surface area contributed by atoms with E-state index < -0.39 is 11.1 Å². The number of benzene rings is 9. The minimum atomic E-state index is -0.613. The fourth-order valence-electron chi connectivity index (χ4n) is 13.4. The van der Waals surface area contributed by atoms with E-state index in [4.69, 9.17) is 15.5 Å². The summed E-state index contributed by atoms with van der Waals surface area (Å²) in [5.74, 6) is 0.867. The van der Waals surface area contributed by atoms with E-state index in [-0.39, 0.29) is 42.0 Å². The van der Waals surface area contributed by atoms with Gasteiger partial charge in [0.05, 0.1) is 51.5 Å². The van der Waals surface area contributed by atoms with Gasteiger partial charge in [-0.1, -0.05) is 273 Å². The van der Waals surface area contributed by atoms with Crippen molar-refractivity contribution in [1.29, 1.82) is 0 Å². The summed E-state index contributed by atoms with van der Waals surface area (Å²) >= 11 is 0. The monoisotopic (exact) mass is 1320 g/mol. The second-order valence-electron chi connectivity index (χ2n) is 24.3. The predicted octanol–water partition coefficient (Wildman–Crippen LogP) is 14.2. The number of amides is 2. The van der Waals surface area contributed by atoms with Gasteiger partial charge in [0.2, 0.25) is 18.1 Å². The molecule has 15 heteroatoms. The molecular formula is C83H83ClN9O5+. The molecular weight excluding hydrogens is 1240 g/mol. The first-order chi connectivity index (χ1) is 47.6. The summed E-state index contributed by atoms with van der Waals surface area (Å²) in [6.07, 6.45) is 13.7. The van der Waals surface area contributed by atoms with Crippen molar-refractivity contribution in [3.63, 3.8) is 0 Å². The zero-order chi connectivity index (χ0) is 67.2. The smallest absolute Gasteiger partial charge is 0.306 e.